The molecule has 0 radical (unpaired) electrons. The van der Waals surface area contributed by atoms with Crippen LogP contribution in [-0.2, 0) is 4.79 Å². The quantitative estimate of drug-likeness (QED) is 0.876. The number of benzene rings is 2. The average molecular weight is 333 g/mol. The minimum absolute atomic E-state index is 0.00386. The topological polar surface area (TPSA) is 52.6 Å². The first kappa shape index (κ1) is 17.3. The van der Waals surface area contributed by atoms with Crippen LogP contribution in [0.15, 0.2) is 42.5 Å². The zero-order valence-electron chi connectivity index (χ0n) is 13.5. The SMILES string of the molecule is Cc1cc(NC(=O)CC(O)c2ccc(Cl)cc2)ccc1N(C)C. The molecule has 2 aromatic rings. The monoisotopic (exact) mass is 332 g/mol. The minimum atomic E-state index is -0.852. The van der Waals surface area contributed by atoms with Gasteiger partial charge in [0.05, 0.1) is 12.5 Å². The number of amides is 1. The molecule has 0 aliphatic carbocycles. The Labute approximate surface area is 141 Å². The number of carbonyl (C=O) groups excluding carboxylic acids is 1. The average Bonchev–Trinajstić information content (AvgIpc) is 2.47. The van der Waals surface area contributed by atoms with E-state index in [9.17, 15) is 9.90 Å². The highest BCUT2D eigenvalue weighted by atomic mass is 35.5. The predicted octanol–water partition coefficient (Wildman–Crippen LogP) is 3.78. The van der Waals surface area contributed by atoms with E-state index in [1.807, 2.05) is 44.1 Å². The summed E-state index contributed by atoms with van der Waals surface area (Å²) in [6.07, 6.45) is -0.856. The van der Waals surface area contributed by atoms with Crippen LogP contribution in [0.5, 0.6) is 0 Å². The zero-order valence-corrected chi connectivity index (χ0v) is 14.3. The van der Waals surface area contributed by atoms with Crippen molar-refractivity contribution in [3.05, 3.63) is 58.6 Å². The fraction of sp³-hybridized carbons (Fsp3) is 0.278. The highest BCUT2D eigenvalue weighted by Crippen LogP contribution is 2.23. The van der Waals surface area contributed by atoms with E-state index in [4.69, 9.17) is 11.6 Å². The van der Waals surface area contributed by atoms with Crippen LogP contribution < -0.4 is 10.2 Å². The van der Waals surface area contributed by atoms with Gasteiger partial charge in [-0.05, 0) is 48.4 Å². The van der Waals surface area contributed by atoms with Gasteiger partial charge in [-0.3, -0.25) is 4.79 Å². The fourth-order valence-corrected chi connectivity index (χ4v) is 2.55. The molecule has 5 heteroatoms. The molecule has 0 fully saturated rings. The maximum Gasteiger partial charge on any atom is 0.227 e. The van der Waals surface area contributed by atoms with E-state index in [0.717, 1.165) is 16.9 Å². The van der Waals surface area contributed by atoms with Crippen LogP contribution in [0, 0.1) is 6.92 Å². The van der Waals surface area contributed by atoms with Crippen molar-refractivity contribution in [2.45, 2.75) is 19.4 Å². The second-order valence-corrected chi connectivity index (χ2v) is 6.15. The lowest BCUT2D eigenvalue weighted by molar-refractivity contribution is -0.118. The van der Waals surface area contributed by atoms with Crippen LogP contribution in [0.4, 0.5) is 11.4 Å². The standard InChI is InChI=1S/C18H21ClN2O2/c1-12-10-15(8-9-16(12)21(2)3)20-18(23)11-17(22)13-4-6-14(19)7-5-13/h4-10,17,22H,11H2,1-3H3,(H,20,23). The van der Waals surface area contributed by atoms with Crippen molar-refractivity contribution in [2.75, 3.05) is 24.3 Å². The molecule has 0 saturated heterocycles. The van der Waals surface area contributed by atoms with Crippen LogP contribution in [-0.4, -0.2) is 25.1 Å². The zero-order chi connectivity index (χ0) is 17.0. The highest BCUT2D eigenvalue weighted by molar-refractivity contribution is 6.30. The number of hydrogen-bond acceptors (Lipinski definition) is 3. The van der Waals surface area contributed by atoms with Gasteiger partial charge < -0.3 is 15.3 Å². The Morgan fingerprint density at radius 1 is 1.22 bits per heavy atom. The summed E-state index contributed by atoms with van der Waals surface area (Å²) in [5.41, 5.74) is 3.57. The summed E-state index contributed by atoms with van der Waals surface area (Å²) in [5, 5.41) is 13.5. The molecule has 0 saturated carbocycles. The third-order valence-electron chi connectivity index (χ3n) is 3.60. The molecule has 1 atom stereocenters. The number of aliphatic hydroxyl groups is 1. The normalized spacial score (nSPS) is 11.9. The number of carbonyl (C=O) groups is 1. The predicted molar refractivity (Wildman–Crippen MR) is 95.2 cm³/mol. The molecule has 0 heterocycles. The number of nitrogens with zero attached hydrogens (tertiary/aromatic N) is 1. The van der Waals surface area contributed by atoms with E-state index in [-0.39, 0.29) is 12.3 Å². The first-order valence-electron chi connectivity index (χ1n) is 7.38. The van der Waals surface area contributed by atoms with Crippen molar-refractivity contribution < 1.29 is 9.90 Å². The highest BCUT2D eigenvalue weighted by Gasteiger charge is 2.13. The number of aliphatic hydroxyl groups excluding tert-OH is 1. The van der Waals surface area contributed by atoms with E-state index in [1.165, 1.54) is 0 Å². The molecular weight excluding hydrogens is 312 g/mol. The molecule has 0 aromatic heterocycles. The fourth-order valence-electron chi connectivity index (χ4n) is 2.43. The van der Waals surface area contributed by atoms with Gasteiger partial charge in [0, 0.05) is 30.5 Å². The van der Waals surface area contributed by atoms with Gasteiger partial charge in [0.15, 0.2) is 0 Å². The molecule has 0 bridgehead atoms. The number of nitrogens with one attached hydrogen (secondary N) is 1. The van der Waals surface area contributed by atoms with Crippen LogP contribution in [0.25, 0.3) is 0 Å². The number of halogens is 1. The number of hydrogen-bond donors (Lipinski definition) is 2. The second kappa shape index (κ2) is 7.49. The van der Waals surface area contributed by atoms with Gasteiger partial charge in [0.25, 0.3) is 0 Å². The molecule has 1 unspecified atom stereocenters. The molecular formula is C18H21ClN2O2. The molecule has 0 spiro atoms. The van der Waals surface area contributed by atoms with Crippen LogP contribution in [0.1, 0.15) is 23.7 Å². The summed E-state index contributed by atoms with van der Waals surface area (Å²) in [6, 6.07) is 12.6. The Balaban J connectivity index is 1.99. The first-order valence-corrected chi connectivity index (χ1v) is 7.76. The molecule has 122 valence electrons. The van der Waals surface area contributed by atoms with Crippen LogP contribution in [0.2, 0.25) is 5.02 Å². The minimum Gasteiger partial charge on any atom is -0.388 e. The maximum absolute atomic E-state index is 12.1. The molecule has 1 amide bonds. The van der Waals surface area contributed by atoms with Crippen molar-refractivity contribution in [3.8, 4) is 0 Å². The molecule has 0 aliphatic heterocycles. The molecule has 2 N–H and O–H groups in total. The van der Waals surface area contributed by atoms with E-state index < -0.39 is 6.10 Å². The number of rotatable bonds is 5. The van der Waals surface area contributed by atoms with E-state index in [1.54, 1.807) is 24.3 Å². The van der Waals surface area contributed by atoms with Gasteiger partial charge in [-0.1, -0.05) is 23.7 Å². The van der Waals surface area contributed by atoms with E-state index >= 15 is 0 Å². The molecule has 2 rings (SSSR count). The largest absolute Gasteiger partial charge is 0.388 e. The van der Waals surface area contributed by atoms with E-state index in [2.05, 4.69) is 5.32 Å². The van der Waals surface area contributed by atoms with Crippen LogP contribution >= 0.6 is 11.6 Å². The number of anilines is 2. The summed E-state index contributed by atoms with van der Waals surface area (Å²) in [4.78, 5) is 14.1. The summed E-state index contributed by atoms with van der Waals surface area (Å²) < 4.78 is 0. The first-order chi connectivity index (χ1) is 10.9. The Hall–Kier alpha value is -2.04. The smallest absolute Gasteiger partial charge is 0.227 e. The Kier molecular flexibility index (Phi) is 5.64. The maximum atomic E-state index is 12.1. The van der Waals surface area contributed by atoms with Crippen molar-refractivity contribution >= 4 is 28.9 Å². The molecule has 0 aliphatic rings. The van der Waals surface area contributed by atoms with Gasteiger partial charge in [-0.25, -0.2) is 0 Å². The lowest BCUT2D eigenvalue weighted by atomic mass is 10.1. The van der Waals surface area contributed by atoms with Gasteiger partial charge in [-0.2, -0.15) is 0 Å². The third-order valence-corrected chi connectivity index (χ3v) is 3.85. The van der Waals surface area contributed by atoms with Gasteiger partial charge in [0.2, 0.25) is 5.91 Å². The number of aryl methyl sites for hydroxylation is 1. The Morgan fingerprint density at radius 2 is 1.87 bits per heavy atom. The summed E-state index contributed by atoms with van der Waals surface area (Å²) in [7, 11) is 3.95. The summed E-state index contributed by atoms with van der Waals surface area (Å²) in [5.74, 6) is -0.232. The summed E-state index contributed by atoms with van der Waals surface area (Å²) >= 11 is 5.81. The van der Waals surface area contributed by atoms with Crippen molar-refractivity contribution in [1.82, 2.24) is 0 Å². The lowest BCUT2D eigenvalue weighted by Gasteiger charge is -2.17. The molecule has 2 aromatic carbocycles. The summed E-state index contributed by atoms with van der Waals surface area (Å²) in [6.45, 7) is 1.99. The van der Waals surface area contributed by atoms with E-state index in [0.29, 0.717) is 10.6 Å². The Bertz CT molecular complexity index is 684. The van der Waals surface area contributed by atoms with Gasteiger partial charge >= 0.3 is 0 Å². The molecule has 4 nitrogen and oxygen atoms in total. The van der Waals surface area contributed by atoms with Crippen molar-refractivity contribution in [2.24, 2.45) is 0 Å². The third kappa shape index (κ3) is 4.71. The van der Waals surface area contributed by atoms with Gasteiger partial charge in [-0.15, -0.1) is 0 Å². The Morgan fingerprint density at radius 3 is 2.43 bits per heavy atom. The second-order valence-electron chi connectivity index (χ2n) is 5.72. The van der Waals surface area contributed by atoms with Crippen molar-refractivity contribution in [1.29, 1.82) is 0 Å². The van der Waals surface area contributed by atoms with Crippen LogP contribution in [0.3, 0.4) is 0 Å². The van der Waals surface area contributed by atoms with Gasteiger partial charge in [0.1, 0.15) is 0 Å². The lowest BCUT2D eigenvalue weighted by Crippen LogP contribution is -2.16. The molecule has 23 heavy (non-hydrogen) atoms. The van der Waals surface area contributed by atoms with Crippen molar-refractivity contribution in [3.63, 3.8) is 0 Å².